The molecule has 10 heteroatoms. The molecule has 0 aliphatic carbocycles. The smallest absolute Gasteiger partial charge is 0.264 e. The number of carbonyl (C=O) groups is 1. The van der Waals surface area contributed by atoms with Gasteiger partial charge in [0, 0.05) is 6.54 Å². The van der Waals surface area contributed by atoms with Crippen LogP contribution >= 0.6 is 11.8 Å². The first-order chi connectivity index (χ1) is 13.1. The Bertz CT molecular complexity index is 921. The first kappa shape index (κ1) is 18.5. The summed E-state index contributed by atoms with van der Waals surface area (Å²) in [7, 11) is 0. The maximum absolute atomic E-state index is 12.0. The highest BCUT2D eigenvalue weighted by molar-refractivity contribution is 7.99. The number of nitrogens with one attached hydrogen (secondary N) is 2. The number of hydrogen-bond donors (Lipinski definition) is 3. The highest BCUT2D eigenvalue weighted by Gasteiger charge is 2.11. The molecule has 27 heavy (non-hydrogen) atoms. The van der Waals surface area contributed by atoms with Crippen LogP contribution in [0.3, 0.4) is 0 Å². The molecule has 140 valence electrons. The maximum Gasteiger partial charge on any atom is 0.264 e. The number of aromatic nitrogens is 3. The van der Waals surface area contributed by atoms with Gasteiger partial charge in [-0.15, -0.1) is 10.2 Å². The van der Waals surface area contributed by atoms with Crippen LogP contribution < -0.4 is 16.6 Å². The summed E-state index contributed by atoms with van der Waals surface area (Å²) in [5, 5.41) is 15.1. The van der Waals surface area contributed by atoms with E-state index in [-0.39, 0.29) is 17.6 Å². The van der Waals surface area contributed by atoms with Gasteiger partial charge in [0.15, 0.2) is 0 Å². The van der Waals surface area contributed by atoms with Gasteiger partial charge in [0.05, 0.1) is 12.0 Å². The van der Waals surface area contributed by atoms with E-state index in [9.17, 15) is 4.79 Å². The Morgan fingerprint density at radius 2 is 2.11 bits per heavy atom. The van der Waals surface area contributed by atoms with Gasteiger partial charge in [-0.1, -0.05) is 42.1 Å². The van der Waals surface area contributed by atoms with Crippen molar-refractivity contribution in [2.75, 3.05) is 17.0 Å². The molecule has 0 saturated heterocycles. The van der Waals surface area contributed by atoms with E-state index in [1.807, 2.05) is 43.3 Å². The fourth-order valence-electron chi connectivity index (χ4n) is 2.11. The van der Waals surface area contributed by atoms with Gasteiger partial charge in [-0.3, -0.25) is 4.79 Å². The number of furan rings is 1. The van der Waals surface area contributed by atoms with Crippen LogP contribution in [0.15, 0.2) is 57.1 Å². The molecule has 0 aliphatic rings. The molecule has 4 N–H and O–H groups in total. The molecule has 0 spiro atoms. The molecule has 9 nitrogen and oxygen atoms in total. The lowest BCUT2D eigenvalue weighted by Crippen LogP contribution is -2.25. The predicted octanol–water partition coefficient (Wildman–Crippen LogP) is 1.75. The highest BCUT2D eigenvalue weighted by Crippen LogP contribution is 2.16. The third-order valence-corrected chi connectivity index (χ3v) is 4.39. The number of thioether (sulfide) groups is 1. The van der Waals surface area contributed by atoms with E-state index in [0.717, 1.165) is 11.3 Å². The van der Waals surface area contributed by atoms with Crippen LogP contribution in [0.25, 0.3) is 0 Å². The van der Waals surface area contributed by atoms with Gasteiger partial charge in [0.2, 0.25) is 11.1 Å². The summed E-state index contributed by atoms with van der Waals surface area (Å²) in [6, 6.07) is 13.3. The standard InChI is InChI=1S/C17H19N7O2S/c1-12-7-8-14(26-12)10-20-21-16-22-23-17(24(16)18)27-11-15(25)19-9-13-5-3-2-4-6-13/h2-8,10H,9,11,18H2,1H3,(H,19,25)(H,21,22)/b20-10+. The van der Waals surface area contributed by atoms with Crippen molar-refractivity contribution in [3.63, 3.8) is 0 Å². The molecule has 0 atom stereocenters. The molecule has 0 aliphatic heterocycles. The molecule has 0 bridgehead atoms. The van der Waals surface area contributed by atoms with Gasteiger partial charge < -0.3 is 15.6 Å². The Balaban J connectivity index is 1.46. The first-order valence-electron chi connectivity index (χ1n) is 8.11. The Morgan fingerprint density at radius 3 is 2.85 bits per heavy atom. The lowest BCUT2D eigenvalue weighted by molar-refractivity contribution is -0.118. The molecule has 1 aromatic carbocycles. The third kappa shape index (κ3) is 5.35. The molecule has 2 aromatic heterocycles. The van der Waals surface area contributed by atoms with Crippen molar-refractivity contribution in [3.05, 3.63) is 59.5 Å². The van der Waals surface area contributed by atoms with Gasteiger partial charge in [-0.2, -0.15) is 5.10 Å². The van der Waals surface area contributed by atoms with Crippen molar-refractivity contribution in [2.24, 2.45) is 5.10 Å². The van der Waals surface area contributed by atoms with E-state index in [1.165, 1.54) is 22.7 Å². The van der Waals surface area contributed by atoms with Crippen LogP contribution in [0.2, 0.25) is 0 Å². The lowest BCUT2D eigenvalue weighted by atomic mass is 10.2. The van der Waals surface area contributed by atoms with Crippen LogP contribution in [0.4, 0.5) is 5.95 Å². The Labute approximate surface area is 160 Å². The van der Waals surface area contributed by atoms with E-state index in [2.05, 4.69) is 26.0 Å². The minimum atomic E-state index is -0.118. The lowest BCUT2D eigenvalue weighted by Gasteiger charge is -2.05. The number of hydrogen-bond acceptors (Lipinski definition) is 8. The number of benzene rings is 1. The van der Waals surface area contributed by atoms with E-state index in [4.69, 9.17) is 10.3 Å². The second-order valence-corrected chi connectivity index (χ2v) is 6.49. The molecule has 3 aromatic rings. The van der Waals surface area contributed by atoms with Crippen LogP contribution in [-0.2, 0) is 11.3 Å². The van der Waals surface area contributed by atoms with E-state index in [0.29, 0.717) is 17.5 Å². The van der Waals surface area contributed by atoms with Gasteiger partial charge in [0.1, 0.15) is 11.5 Å². The van der Waals surface area contributed by atoms with Crippen molar-refractivity contribution >= 4 is 29.8 Å². The topological polar surface area (TPSA) is 123 Å². The number of nitrogens with zero attached hydrogens (tertiary/aromatic N) is 4. The van der Waals surface area contributed by atoms with Gasteiger partial charge in [0.25, 0.3) is 5.95 Å². The third-order valence-electron chi connectivity index (χ3n) is 3.45. The molecule has 0 fully saturated rings. The van der Waals surface area contributed by atoms with E-state index in [1.54, 1.807) is 6.07 Å². The zero-order valence-electron chi connectivity index (χ0n) is 14.6. The summed E-state index contributed by atoms with van der Waals surface area (Å²) < 4.78 is 6.60. The second-order valence-electron chi connectivity index (χ2n) is 5.55. The van der Waals surface area contributed by atoms with Gasteiger partial charge in [-0.25, -0.2) is 10.1 Å². The summed E-state index contributed by atoms with van der Waals surface area (Å²) in [6.07, 6.45) is 1.51. The normalized spacial score (nSPS) is 11.0. The fourth-order valence-corrected chi connectivity index (χ4v) is 2.79. The van der Waals surface area contributed by atoms with E-state index < -0.39 is 0 Å². The average molecular weight is 385 g/mol. The van der Waals surface area contributed by atoms with Crippen molar-refractivity contribution in [3.8, 4) is 0 Å². The van der Waals surface area contributed by atoms with Crippen LogP contribution in [0.1, 0.15) is 17.1 Å². The van der Waals surface area contributed by atoms with E-state index >= 15 is 0 Å². The maximum atomic E-state index is 12.0. The molecule has 1 amide bonds. The number of nitrogens with two attached hydrogens (primary N) is 1. The quantitative estimate of drug-likeness (QED) is 0.234. The van der Waals surface area contributed by atoms with Crippen molar-refractivity contribution in [1.29, 1.82) is 0 Å². The first-order valence-corrected chi connectivity index (χ1v) is 9.10. The van der Waals surface area contributed by atoms with Gasteiger partial charge in [-0.05, 0) is 24.6 Å². The molecular weight excluding hydrogens is 366 g/mol. The number of nitrogen functional groups attached to an aromatic ring is 1. The molecule has 3 rings (SSSR count). The monoisotopic (exact) mass is 385 g/mol. The zero-order valence-corrected chi connectivity index (χ0v) is 15.4. The minimum absolute atomic E-state index is 0.118. The number of amides is 1. The van der Waals surface area contributed by atoms with Crippen LogP contribution in [0.5, 0.6) is 0 Å². The Kier molecular flexibility index (Phi) is 6.10. The largest absolute Gasteiger partial charge is 0.460 e. The molecule has 2 heterocycles. The fraction of sp³-hybridized carbons (Fsp3) is 0.176. The van der Waals surface area contributed by atoms with Gasteiger partial charge >= 0.3 is 0 Å². The number of rotatable bonds is 8. The molecule has 0 unspecified atom stereocenters. The van der Waals surface area contributed by atoms with Crippen LogP contribution in [-0.4, -0.2) is 32.7 Å². The number of aryl methyl sites for hydroxylation is 1. The highest BCUT2D eigenvalue weighted by atomic mass is 32.2. The Morgan fingerprint density at radius 1 is 1.30 bits per heavy atom. The molecule has 0 saturated carbocycles. The SMILES string of the molecule is Cc1ccc(/C=N/Nc2nnc(SCC(=O)NCc3ccccc3)n2N)o1. The summed E-state index contributed by atoms with van der Waals surface area (Å²) in [5.41, 5.74) is 3.72. The molecule has 0 radical (unpaired) electrons. The summed E-state index contributed by atoms with van der Waals surface area (Å²) >= 11 is 1.19. The van der Waals surface area contributed by atoms with Crippen molar-refractivity contribution < 1.29 is 9.21 Å². The van der Waals surface area contributed by atoms with Crippen molar-refractivity contribution in [2.45, 2.75) is 18.6 Å². The van der Waals surface area contributed by atoms with Crippen molar-refractivity contribution in [1.82, 2.24) is 20.2 Å². The number of anilines is 1. The number of hydrazone groups is 1. The molecular formula is C17H19N7O2S. The summed E-state index contributed by atoms with van der Waals surface area (Å²) in [6.45, 7) is 2.32. The zero-order chi connectivity index (χ0) is 19.1. The Hall–Kier alpha value is -3.27. The average Bonchev–Trinajstić information content (AvgIpc) is 3.25. The predicted molar refractivity (Wildman–Crippen MR) is 104 cm³/mol. The van der Waals surface area contributed by atoms with Crippen LogP contribution in [0, 0.1) is 6.92 Å². The minimum Gasteiger partial charge on any atom is -0.460 e. The summed E-state index contributed by atoms with van der Waals surface area (Å²) in [4.78, 5) is 12.0. The second kappa shape index (κ2) is 8.90. The number of carbonyl (C=O) groups excluding carboxylic acids is 1. The summed E-state index contributed by atoms with van der Waals surface area (Å²) in [5.74, 6) is 7.63.